The molecule has 1 aromatic carbocycles. The standard InChI is InChI=1S/C14H10BrO2P/c15-11-5-1-2-6-12(11)18(13-7-3-9-16-13)14-8-4-10-17-14/h1-10H. The average Bonchev–Trinajstić information content (AvgIpc) is 3.05. The monoisotopic (exact) mass is 320 g/mol. The van der Waals surface area contributed by atoms with Gasteiger partial charge in [0.2, 0.25) is 0 Å². The number of hydrogen-bond donors (Lipinski definition) is 0. The third-order valence-corrected chi connectivity index (χ3v) is 5.81. The molecule has 0 amide bonds. The highest BCUT2D eigenvalue weighted by Gasteiger charge is 2.23. The van der Waals surface area contributed by atoms with Crippen LogP contribution in [-0.2, 0) is 0 Å². The van der Waals surface area contributed by atoms with Crippen LogP contribution >= 0.6 is 23.9 Å². The molecule has 0 atom stereocenters. The van der Waals surface area contributed by atoms with Gasteiger partial charge in [0.1, 0.15) is 11.0 Å². The van der Waals surface area contributed by atoms with Gasteiger partial charge in [-0.05, 0) is 30.3 Å². The minimum atomic E-state index is -0.773. The van der Waals surface area contributed by atoms with Crippen molar-refractivity contribution in [3.8, 4) is 0 Å². The van der Waals surface area contributed by atoms with Gasteiger partial charge in [0, 0.05) is 9.78 Å². The minimum Gasteiger partial charge on any atom is -0.464 e. The van der Waals surface area contributed by atoms with Crippen LogP contribution in [0.2, 0.25) is 0 Å². The van der Waals surface area contributed by atoms with Gasteiger partial charge >= 0.3 is 0 Å². The first-order valence-corrected chi connectivity index (χ1v) is 7.61. The van der Waals surface area contributed by atoms with Gasteiger partial charge in [0.25, 0.3) is 0 Å². The molecule has 0 aliphatic carbocycles. The van der Waals surface area contributed by atoms with Gasteiger partial charge in [0.15, 0.2) is 0 Å². The highest BCUT2D eigenvalue weighted by atomic mass is 79.9. The molecule has 0 aliphatic heterocycles. The highest BCUT2D eigenvalue weighted by Crippen LogP contribution is 2.35. The van der Waals surface area contributed by atoms with Crippen LogP contribution < -0.4 is 16.3 Å². The van der Waals surface area contributed by atoms with E-state index in [0.29, 0.717) is 0 Å². The van der Waals surface area contributed by atoms with Gasteiger partial charge in [-0.1, -0.05) is 34.1 Å². The second-order valence-corrected chi connectivity index (χ2v) is 6.58. The summed E-state index contributed by atoms with van der Waals surface area (Å²) in [5.41, 5.74) is 1.87. The molecule has 2 aromatic heterocycles. The molecule has 2 nitrogen and oxygen atoms in total. The van der Waals surface area contributed by atoms with E-state index in [9.17, 15) is 0 Å². The van der Waals surface area contributed by atoms with E-state index in [1.807, 2.05) is 42.5 Å². The lowest BCUT2D eigenvalue weighted by molar-refractivity contribution is 0.593. The topological polar surface area (TPSA) is 26.3 Å². The third-order valence-electron chi connectivity index (χ3n) is 2.55. The zero-order valence-corrected chi connectivity index (χ0v) is 11.9. The Morgan fingerprint density at radius 2 is 1.39 bits per heavy atom. The Labute approximate surface area is 115 Å². The van der Waals surface area contributed by atoms with E-state index in [0.717, 1.165) is 15.5 Å². The van der Waals surface area contributed by atoms with Crippen LogP contribution in [-0.4, -0.2) is 0 Å². The van der Waals surface area contributed by atoms with Crippen LogP contribution in [0.3, 0.4) is 0 Å². The molecule has 0 spiro atoms. The summed E-state index contributed by atoms with van der Waals surface area (Å²) in [5.74, 6) is 0. The first kappa shape index (κ1) is 11.8. The lowest BCUT2D eigenvalue weighted by Crippen LogP contribution is -2.19. The second-order valence-electron chi connectivity index (χ2n) is 3.69. The molecule has 18 heavy (non-hydrogen) atoms. The van der Waals surface area contributed by atoms with Crippen LogP contribution in [0.25, 0.3) is 0 Å². The van der Waals surface area contributed by atoms with Crippen molar-refractivity contribution in [2.24, 2.45) is 0 Å². The summed E-state index contributed by atoms with van der Waals surface area (Å²) in [6.07, 6.45) is 3.40. The molecule has 0 saturated carbocycles. The molecule has 90 valence electrons. The zero-order valence-electron chi connectivity index (χ0n) is 9.42. The number of benzene rings is 1. The average molecular weight is 321 g/mol. The fourth-order valence-electron chi connectivity index (χ4n) is 1.77. The predicted octanol–water partition coefficient (Wildman–Crippen LogP) is 3.39. The van der Waals surface area contributed by atoms with E-state index >= 15 is 0 Å². The summed E-state index contributed by atoms with van der Waals surface area (Å²) in [5, 5.41) is 1.19. The maximum atomic E-state index is 5.58. The van der Waals surface area contributed by atoms with E-state index in [1.165, 1.54) is 5.30 Å². The molecule has 0 bridgehead atoms. The number of halogens is 1. The van der Waals surface area contributed by atoms with Crippen molar-refractivity contribution in [3.05, 3.63) is 65.5 Å². The highest BCUT2D eigenvalue weighted by molar-refractivity contribution is 9.10. The Kier molecular flexibility index (Phi) is 3.35. The SMILES string of the molecule is Brc1ccccc1P(c1ccco1)c1ccco1. The Bertz CT molecular complexity index is 583. The van der Waals surface area contributed by atoms with Gasteiger partial charge in [0.05, 0.1) is 20.4 Å². The molecule has 3 rings (SSSR count). The largest absolute Gasteiger partial charge is 0.464 e. The fraction of sp³-hybridized carbons (Fsp3) is 0. The van der Waals surface area contributed by atoms with E-state index in [1.54, 1.807) is 12.5 Å². The van der Waals surface area contributed by atoms with Crippen molar-refractivity contribution in [2.45, 2.75) is 0 Å². The quantitative estimate of drug-likeness (QED) is 0.691. The summed E-state index contributed by atoms with van der Waals surface area (Å²) in [4.78, 5) is 0. The molecule has 0 saturated heterocycles. The van der Waals surface area contributed by atoms with Crippen LogP contribution in [0.15, 0.2) is 74.4 Å². The lowest BCUT2D eigenvalue weighted by Gasteiger charge is -2.14. The Balaban J connectivity index is 2.15. The van der Waals surface area contributed by atoms with Crippen molar-refractivity contribution in [1.82, 2.24) is 0 Å². The summed E-state index contributed by atoms with van der Waals surface area (Å²) in [6.45, 7) is 0. The third kappa shape index (κ3) is 2.16. The van der Waals surface area contributed by atoms with Gasteiger partial charge < -0.3 is 8.83 Å². The molecular weight excluding hydrogens is 311 g/mol. The molecule has 0 aliphatic rings. The van der Waals surface area contributed by atoms with Crippen molar-refractivity contribution in [1.29, 1.82) is 0 Å². The van der Waals surface area contributed by atoms with Gasteiger partial charge in [-0.15, -0.1) is 0 Å². The molecular formula is C14H10BrO2P. The Hall–Kier alpha value is -1.31. The summed E-state index contributed by atoms with van der Waals surface area (Å²) in [6, 6.07) is 16.0. The van der Waals surface area contributed by atoms with Crippen molar-refractivity contribution < 1.29 is 8.83 Å². The van der Waals surface area contributed by atoms with Crippen molar-refractivity contribution >= 4 is 40.2 Å². The molecule has 0 N–H and O–H groups in total. The zero-order chi connectivity index (χ0) is 12.4. The fourth-order valence-corrected chi connectivity index (χ4v) is 4.61. The number of rotatable bonds is 3. The van der Waals surface area contributed by atoms with Gasteiger partial charge in [-0.2, -0.15) is 0 Å². The number of furan rings is 2. The lowest BCUT2D eigenvalue weighted by atomic mass is 10.4. The smallest absolute Gasteiger partial charge is 0.137 e. The summed E-state index contributed by atoms with van der Waals surface area (Å²) in [7, 11) is -0.773. The number of hydrogen-bond acceptors (Lipinski definition) is 2. The van der Waals surface area contributed by atoms with Gasteiger partial charge in [-0.3, -0.25) is 0 Å². The van der Waals surface area contributed by atoms with Crippen LogP contribution in [0.1, 0.15) is 0 Å². The van der Waals surface area contributed by atoms with Crippen LogP contribution in [0, 0.1) is 0 Å². The molecule has 0 radical (unpaired) electrons. The maximum absolute atomic E-state index is 5.58. The van der Waals surface area contributed by atoms with E-state index in [2.05, 4.69) is 22.0 Å². The van der Waals surface area contributed by atoms with Crippen LogP contribution in [0.5, 0.6) is 0 Å². The normalized spacial score (nSPS) is 11.0. The van der Waals surface area contributed by atoms with E-state index in [4.69, 9.17) is 8.83 Å². The molecule has 0 fully saturated rings. The van der Waals surface area contributed by atoms with E-state index in [-0.39, 0.29) is 0 Å². The molecule has 2 heterocycles. The van der Waals surface area contributed by atoms with E-state index < -0.39 is 7.92 Å². The summed E-state index contributed by atoms with van der Waals surface area (Å²) < 4.78 is 12.2. The maximum Gasteiger partial charge on any atom is 0.137 e. The molecule has 3 aromatic rings. The molecule has 0 unspecified atom stereocenters. The first-order valence-electron chi connectivity index (χ1n) is 5.48. The minimum absolute atomic E-state index is 0.773. The van der Waals surface area contributed by atoms with Crippen molar-refractivity contribution in [3.63, 3.8) is 0 Å². The molecule has 4 heteroatoms. The Morgan fingerprint density at radius 3 is 1.89 bits per heavy atom. The Morgan fingerprint density at radius 1 is 0.778 bits per heavy atom. The van der Waals surface area contributed by atoms with Gasteiger partial charge in [-0.25, -0.2) is 0 Å². The van der Waals surface area contributed by atoms with Crippen molar-refractivity contribution in [2.75, 3.05) is 0 Å². The van der Waals surface area contributed by atoms with Crippen LogP contribution in [0.4, 0.5) is 0 Å². The first-order chi connectivity index (χ1) is 8.86. The summed E-state index contributed by atoms with van der Waals surface area (Å²) >= 11 is 3.60. The predicted molar refractivity (Wildman–Crippen MR) is 77.4 cm³/mol. The second kappa shape index (κ2) is 5.13.